The second-order valence-corrected chi connectivity index (χ2v) is 6.28. The molecule has 2 fully saturated rings. The third-order valence-electron chi connectivity index (χ3n) is 3.85. The van der Waals surface area contributed by atoms with Gasteiger partial charge in [-0.05, 0) is 52.6 Å². The van der Waals surface area contributed by atoms with E-state index in [1.54, 1.807) is 0 Å². The van der Waals surface area contributed by atoms with Crippen LogP contribution >= 0.6 is 12.4 Å². The van der Waals surface area contributed by atoms with Gasteiger partial charge in [-0.2, -0.15) is 0 Å². The van der Waals surface area contributed by atoms with Gasteiger partial charge in [0.15, 0.2) is 0 Å². The lowest BCUT2D eigenvalue weighted by atomic mass is 9.96. The maximum absolute atomic E-state index is 5.96. The molecule has 0 spiro atoms. The van der Waals surface area contributed by atoms with Crippen LogP contribution in [0.2, 0.25) is 0 Å². The molecule has 2 aliphatic rings. The van der Waals surface area contributed by atoms with E-state index in [-0.39, 0.29) is 23.7 Å². The summed E-state index contributed by atoms with van der Waals surface area (Å²) >= 11 is 0. The van der Waals surface area contributed by atoms with Crippen molar-refractivity contribution in [3.05, 3.63) is 0 Å². The van der Waals surface area contributed by atoms with E-state index >= 15 is 0 Å². The summed E-state index contributed by atoms with van der Waals surface area (Å²) in [4.78, 5) is 2.54. The molecule has 0 bridgehead atoms. The molecule has 0 aliphatic carbocycles. The van der Waals surface area contributed by atoms with Gasteiger partial charge >= 0.3 is 0 Å². The topological polar surface area (TPSA) is 24.5 Å². The van der Waals surface area contributed by atoms with Gasteiger partial charge in [0.2, 0.25) is 0 Å². The average Bonchev–Trinajstić information content (AvgIpc) is 2.71. The molecular weight excluding hydrogens is 236 g/mol. The van der Waals surface area contributed by atoms with Crippen LogP contribution in [0.1, 0.15) is 40.5 Å². The summed E-state index contributed by atoms with van der Waals surface area (Å²) in [5.74, 6) is 0.798. The molecule has 0 radical (unpaired) electrons. The molecule has 2 rings (SSSR count). The van der Waals surface area contributed by atoms with Crippen LogP contribution in [0.25, 0.3) is 0 Å². The predicted molar refractivity (Wildman–Crippen MR) is 73.7 cm³/mol. The Bertz CT molecular complexity index is 260. The molecule has 3 nitrogen and oxygen atoms in total. The first-order valence-electron chi connectivity index (χ1n) is 6.58. The van der Waals surface area contributed by atoms with Crippen LogP contribution in [0.3, 0.4) is 0 Å². The lowest BCUT2D eigenvalue weighted by Crippen LogP contribution is -2.47. The molecule has 0 saturated carbocycles. The quantitative estimate of drug-likeness (QED) is 0.845. The van der Waals surface area contributed by atoms with Crippen LogP contribution in [0.5, 0.6) is 0 Å². The summed E-state index contributed by atoms with van der Waals surface area (Å²) in [5.41, 5.74) is 0.0374. The fraction of sp³-hybridized carbons (Fsp3) is 1.00. The van der Waals surface area contributed by atoms with Gasteiger partial charge in [0.05, 0.1) is 6.61 Å². The molecule has 2 heterocycles. The summed E-state index contributed by atoms with van der Waals surface area (Å²) in [6.07, 6.45) is 2.47. The lowest BCUT2D eigenvalue weighted by molar-refractivity contribution is -0.0125. The Morgan fingerprint density at radius 1 is 1.35 bits per heavy atom. The lowest BCUT2D eigenvalue weighted by Gasteiger charge is -2.29. The largest absolute Gasteiger partial charge is 0.359 e. The van der Waals surface area contributed by atoms with E-state index in [1.807, 2.05) is 0 Å². The predicted octanol–water partition coefficient (Wildman–Crippen LogP) is 2.25. The smallest absolute Gasteiger partial charge is 0.117 e. The van der Waals surface area contributed by atoms with Crippen molar-refractivity contribution in [3.8, 4) is 0 Å². The Morgan fingerprint density at radius 3 is 2.53 bits per heavy atom. The first-order chi connectivity index (χ1) is 7.42. The van der Waals surface area contributed by atoms with E-state index in [9.17, 15) is 0 Å². The van der Waals surface area contributed by atoms with Gasteiger partial charge in [-0.15, -0.1) is 12.4 Å². The third-order valence-corrected chi connectivity index (χ3v) is 3.85. The van der Waals surface area contributed by atoms with E-state index in [1.165, 1.54) is 26.1 Å². The highest BCUT2D eigenvalue weighted by Crippen LogP contribution is 2.32. The number of ether oxygens (including phenoxy) is 1. The van der Waals surface area contributed by atoms with Gasteiger partial charge in [-0.3, -0.25) is 5.32 Å². The highest BCUT2D eigenvalue weighted by molar-refractivity contribution is 5.85. The Balaban J connectivity index is 0.00000144. The number of hydrogen-bond acceptors (Lipinski definition) is 3. The van der Waals surface area contributed by atoms with Crippen molar-refractivity contribution in [2.45, 2.75) is 51.8 Å². The molecule has 4 heteroatoms. The van der Waals surface area contributed by atoms with Gasteiger partial charge in [-0.25, -0.2) is 0 Å². The minimum atomic E-state index is -0.0993. The zero-order chi connectivity index (χ0) is 11.8. The van der Waals surface area contributed by atoms with Gasteiger partial charge in [0.1, 0.15) is 5.72 Å². The Hall–Kier alpha value is 0.170. The third kappa shape index (κ3) is 3.82. The maximum Gasteiger partial charge on any atom is 0.117 e. The highest BCUT2D eigenvalue weighted by atomic mass is 35.5. The van der Waals surface area contributed by atoms with Gasteiger partial charge in [0.25, 0.3) is 0 Å². The molecule has 0 aromatic rings. The number of nitrogens with one attached hydrogen (secondary N) is 1. The molecule has 2 aliphatic heterocycles. The highest BCUT2D eigenvalue weighted by Gasteiger charge is 2.42. The molecule has 2 unspecified atom stereocenters. The van der Waals surface area contributed by atoms with Crippen LogP contribution in [0.15, 0.2) is 0 Å². The van der Waals surface area contributed by atoms with Crippen LogP contribution < -0.4 is 5.32 Å². The van der Waals surface area contributed by atoms with Crippen LogP contribution in [-0.4, -0.2) is 42.4 Å². The summed E-state index contributed by atoms with van der Waals surface area (Å²) in [6, 6.07) is 0. The fourth-order valence-electron chi connectivity index (χ4n) is 3.16. The van der Waals surface area contributed by atoms with E-state index in [2.05, 4.69) is 37.9 Å². The normalized spacial score (nSPS) is 37.1. The van der Waals surface area contributed by atoms with Gasteiger partial charge in [0, 0.05) is 12.1 Å². The van der Waals surface area contributed by atoms with Crippen molar-refractivity contribution in [2.24, 2.45) is 5.92 Å². The Kier molecular flexibility index (Phi) is 4.87. The van der Waals surface area contributed by atoms with E-state index < -0.39 is 0 Å². The first-order valence-corrected chi connectivity index (χ1v) is 6.58. The van der Waals surface area contributed by atoms with Crippen LogP contribution in [0.4, 0.5) is 0 Å². The van der Waals surface area contributed by atoms with Crippen LogP contribution in [-0.2, 0) is 4.74 Å². The molecule has 1 N–H and O–H groups in total. The minimum absolute atomic E-state index is 0. The summed E-state index contributed by atoms with van der Waals surface area (Å²) in [7, 11) is 0. The van der Waals surface area contributed by atoms with Crippen LogP contribution in [0, 0.1) is 5.92 Å². The van der Waals surface area contributed by atoms with E-state index in [0.29, 0.717) is 0 Å². The fourth-order valence-corrected chi connectivity index (χ4v) is 3.16. The number of rotatable bonds is 3. The molecule has 0 aromatic carbocycles. The summed E-state index contributed by atoms with van der Waals surface area (Å²) in [6.45, 7) is 13.4. The second-order valence-electron chi connectivity index (χ2n) is 6.28. The van der Waals surface area contributed by atoms with Crippen molar-refractivity contribution in [3.63, 3.8) is 0 Å². The van der Waals surface area contributed by atoms with Crippen molar-refractivity contribution in [1.82, 2.24) is 10.2 Å². The van der Waals surface area contributed by atoms with E-state index in [4.69, 9.17) is 4.74 Å². The second kappa shape index (κ2) is 5.43. The Labute approximate surface area is 112 Å². The van der Waals surface area contributed by atoms with E-state index in [0.717, 1.165) is 18.9 Å². The number of likely N-dealkylation sites (tertiary alicyclic amines) is 1. The Morgan fingerprint density at radius 2 is 2.06 bits per heavy atom. The molecule has 0 aromatic heterocycles. The van der Waals surface area contributed by atoms with Crippen molar-refractivity contribution < 1.29 is 4.74 Å². The maximum atomic E-state index is 5.96. The standard InChI is InChI=1S/C13H26N2O.ClH/c1-5-15-7-6-11(9-15)8-13(4)14-12(2,3)10-16-13;/h11,14H,5-10H2,1-4H3;1H. The molecule has 0 amide bonds. The number of hydrogen-bond donors (Lipinski definition) is 1. The number of nitrogens with zero attached hydrogens (tertiary/aromatic N) is 1. The van der Waals surface area contributed by atoms with Crippen molar-refractivity contribution in [1.29, 1.82) is 0 Å². The minimum Gasteiger partial charge on any atom is -0.359 e. The molecule has 102 valence electrons. The zero-order valence-corrected chi connectivity index (χ0v) is 12.4. The van der Waals surface area contributed by atoms with Crippen molar-refractivity contribution >= 4 is 12.4 Å². The first kappa shape index (κ1) is 15.2. The van der Waals surface area contributed by atoms with Gasteiger partial charge < -0.3 is 9.64 Å². The monoisotopic (exact) mass is 262 g/mol. The summed E-state index contributed by atoms with van der Waals surface area (Å²) in [5, 5.41) is 3.63. The molecular formula is C13H27ClN2O. The molecule has 2 atom stereocenters. The number of halogens is 1. The SMILES string of the molecule is CCN1CCC(CC2(C)NC(C)(C)CO2)C1.Cl. The summed E-state index contributed by atoms with van der Waals surface area (Å²) < 4.78 is 5.96. The molecule has 17 heavy (non-hydrogen) atoms. The molecule has 2 saturated heterocycles. The zero-order valence-electron chi connectivity index (χ0n) is 11.6. The van der Waals surface area contributed by atoms with Crippen molar-refractivity contribution in [2.75, 3.05) is 26.2 Å². The van der Waals surface area contributed by atoms with Gasteiger partial charge in [-0.1, -0.05) is 6.92 Å². The average molecular weight is 263 g/mol.